The van der Waals surface area contributed by atoms with Gasteiger partial charge in [0.2, 0.25) is 0 Å². The maximum atomic E-state index is 12.5. The van der Waals surface area contributed by atoms with Gasteiger partial charge in [-0.1, -0.05) is 6.08 Å². The Labute approximate surface area is 158 Å². The monoisotopic (exact) mass is 404 g/mol. The molecule has 0 amide bonds. The smallest absolute Gasteiger partial charge is 0.387 e. The van der Waals surface area contributed by atoms with Crippen LogP contribution in [0.25, 0.3) is 0 Å². The zero-order valence-corrected chi connectivity index (χ0v) is 15.8. The summed E-state index contributed by atoms with van der Waals surface area (Å²) in [6.45, 7) is 3.12. The maximum absolute atomic E-state index is 12.5. The topological polar surface area (TPSA) is 151 Å². The average Bonchev–Trinajstić information content (AvgIpc) is 2.92. The third-order valence-corrected chi connectivity index (χ3v) is 4.94. The Morgan fingerprint density at radius 3 is 2.26 bits per heavy atom. The first kappa shape index (κ1) is 23.7. The molecule has 2 N–H and O–H groups in total. The summed E-state index contributed by atoms with van der Waals surface area (Å²) < 4.78 is 38.4. The van der Waals surface area contributed by atoms with Crippen LogP contribution in [0.1, 0.15) is 25.7 Å². The van der Waals surface area contributed by atoms with E-state index >= 15 is 0 Å². The van der Waals surface area contributed by atoms with Crippen LogP contribution >= 0.6 is 7.82 Å². The van der Waals surface area contributed by atoms with Gasteiger partial charge in [0.05, 0.1) is 51.4 Å². The highest BCUT2D eigenvalue weighted by molar-refractivity contribution is 7.48. The van der Waals surface area contributed by atoms with Gasteiger partial charge < -0.3 is 19.7 Å². The second-order valence-corrected chi connectivity index (χ2v) is 7.22. The lowest BCUT2D eigenvalue weighted by molar-refractivity contribution is -0.169. The molecule has 1 heterocycles. The highest BCUT2D eigenvalue weighted by Crippen LogP contribution is 2.50. The van der Waals surface area contributed by atoms with E-state index in [1.54, 1.807) is 6.08 Å². The molecule has 0 bridgehead atoms. The van der Waals surface area contributed by atoms with Crippen LogP contribution < -0.4 is 0 Å². The van der Waals surface area contributed by atoms with E-state index < -0.39 is 39.0 Å². The van der Waals surface area contributed by atoms with Crippen molar-refractivity contribution in [2.45, 2.75) is 50.3 Å². The number of ether oxygens (including phenoxy) is 2. The van der Waals surface area contributed by atoms with Crippen molar-refractivity contribution in [3.8, 4) is 12.1 Å². The van der Waals surface area contributed by atoms with E-state index in [0.29, 0.717) is 13.0 Å². The molecular formula is C16H25N2O8P. The van der Waals surface area contributed by atoms with Crippen LogP contribution in [0.15, 0.2) is 12.7 Å². The molecule has 1 saturated heterocycles. The van der Waals surface area contributed by atoms with E-state index in [0.717, 1.165) is 6.42 Å². The highest BCUT2D eigenvalue weighted by Gasteiger charge is 2.44. The molecule has 0 radical (unpaired) electrons. The molecule has 27 heavy (non-hydrogen) atoms. The molecule has 4 atom stereocenters. The van der Waals surface area contributed by atoms with Gasteiger partial charge in [0, 0.05) is 0 Å². The van der Waals surface area contributed by atoms with Crippen LogP contribution in [-0.4, -0.2) is 61.2 Å². The molecule has 1 aliphatic rings. The fraction of sp³-hybridized carbons (Fsp3) is 0.750. The number of hydrogen-bond acceptors (Lipinski definition) is 10. The van der Waals surface area contributed by atoms with Crippen molar-refractivity contribution in [2.24, 2.45) is 0 Å². The predicted octanol–water partition coefficient (Wildman–Crippen LogP) is 1.40. The summed E-state index contributed by atoms with van der Waals surface area (Å²) in [5.74, 6) is 0. The van der Waals surface area contributed by atoms with Gasteiger partial charge in [-0.25, -0.2) is 4.57 Å². The zero-order valence-electron chi connectivity index (χ0n) is 14.9. The van der Waals surface area contributed by atoms with Crippen molar-refractivity contribution >= 4 is 7.82 Å². The van der Waals surface area contributed by atoms with Gasteiger partial charge in [-0.15, -0.1) is 6.58 Å². The van der Waals surface area contributed by atoms with Crippen molar-refractivity contribution < 1.29 is 37.8 Å². The molecule has 0 spiro atoms. The molecule has 10 nitrogen and oxygen atoms in total. The minimum Gasteiger partial charge on any atom is -0.387 e. The first-order valence-corrected chi connectivity index (χ1v) is 9.95. The van der Waals surface area contributed by atoms with Crippen LogP contribution in [0.2, 0.25) is 0 Å². The van der Waals surface area contributed by atoms with Crippen molar-refractivity contribution in [1.82, 2.24) is 0 Å². The number of unbranched alkanes of at least 4 members (excludes halogenated alkanes) is 1. The Bertz CT molecular complexity index is 552. The van der Waals surface area contributed by atoms with Crippen LogP contribution in [0.4, 0.5) is 0 Å². The van der Waals surface area contributed by atoms with Crippen LogP contribution in [-0.2, 0) is 27.6 Å². The maximum Gasteiger partial charge on any atom is 0.474 e. The van der Waals surface area contributed by atoms with Crippen molar-refractivity contribution in [1.29, 1.82) is 10.5 Å². The number of nitrogens with zero attached hydrogens (tertiary/aromatic N) is 2. The Hall–Kier alpha value is -1.33. The quantitative estimate of drug-likeness (QED) is 0.247. The molecule has 152 valence electrons. The van der Waals surface area contributed by atoms with Gasteiger partial charge in [0.25, 0.3) is 0 Å². The van der Waals surface area contributed by atoms with E-state index in [1.165, 1.54) is 0 Å². The average molecular weight is 404 g/mol. The molecule has 0 unspecified atom stereocenters. The molecule has 1 fully saturated rings. The van der Waals surface area contributed by atoms with Crippen LogP contribution in [0.5, 0.6) is 0 Å². The number of aliphatic hydroxyl groups is 2. The second kappa shape index (κ2) is 12.9. The minimum atomic E-state index is -4.05. The number of hydrogen-bond donors (Lipinski definition) is 2. The van der Waals surface area contributed by atoms with E-state index in [4.69, 9.17) is 33.6 Å². The Balaban J connectivity index is 2.54. The Morgan fingerprint density at radius 1 is 1.07 bits per heavy atom. The molecule has 0 aromatic carbocycles. The van der Waals surface area contributed by atoms with Crippen molar-refractivity contribution in [3.63, 3.8) is 0 Å². The van der Waals surface area contributed by atoms with Gasteiger partial charge in [-0.2, -0.15) is 10.5 Å². The SMILES string of the molecule is C=CCCCO[C@@H]1O[C@H](COP(=O)(OCCC#N)OCCC#N)[C@@H](O)[C@H]1O. The molecule has 1 rings (SSSR count). The fourth-order valence-corrected chi connectivity index (χ4v) is 3.28. The summed E-state index contributed by atoms with van der Waals surface area (Å²) in [5, 5.41) is 37.1. The van der Waals surface area contributed by atoms with E-state index in [-0.39, 0.29) is 26.1 Å². The normalized spacial score (nSPS) is 25.0. The predicted molar refractivity (Wildman–Crippen MR) is 92.0 cm³/mol. The van der Waals surface area contributed by atoms with Crippen LogP contribution in [0, 0.1) is 22.7 Å². The standard InChI is InChI=1S/C16H25N2O8P/c1-2-3-4-9-22-16-15(20)14(19)13(26-16)12-25-27(21,23-10-5-7-17)24-11-6-8-18/h2,13-16,19-20H,1,3-6,9-12H2/t13-,14-,15-,16-/m1/s1. The summed E-state index contributed by atoms with van der Waals surface area (Å²) in [5.41, 5.74) is 0. The number of allylic oxidation sites excluding steroid dienone is 1. The number of rotatable bonds is 14. The number of phosphoric ester groups is 1. The largest absolute Gasteiger partial charge is 0.474 e. The van der Waals surface area contributed by atoms with Crippen molar-refractivity contribution in [2.75, 3.05) is 26.4 Å². The Kier molecular flexibility index (Phi) is 11.4. The fourth-order valence-electron chi connectivity index (χ4n) is 2.10. The minimum absolute atomic E-state index is 0.0309. The van der Waals surface area contributed by atoms with Gasteiger partial charge in [-0.3, -0.25) is 13.6 Å². The van der Waals surface area contributed by atoms with E-state index in [2.05, 4.69) is 6.58 Å². The second-order valence-electron chi connectivity index (χ2n) is 5.55. The van der Waals surface area contributed by atoms with Crippen molar-refractivity contribution in [3.05, 3.63) is 12.7 Å². The molecule has 0 saturated carbocycles. The lowest BCUT2D eigenvalue weighted by Crippen LogP contribution is -2.35. The van der Waals surface area contributed by atoms with E-state index in [9.17, 15) is 14.8 Å². The Morgan fingerprint density at radius 2 is 1.70 bits per heavy atom. The molecule has 1 aliphatic heterocycles. The van der Waals surface area contributed by atoms with Gasteiger partial charge in [-0.05, 0) is 12.8 Å². The summed E-state index contributed by atoms with van der Waals surface area (Å²) in [4.78, 5) is 0. The first-order valence-electron chi connectivity index (χ1n) is 8.49. The lowest BCUT2D eigenvalue weighted by Gasteiger charge is -2.20. The highest BCUT2D eigenvalue weighted by atomic mass is 31.2. The number of nitriles is 2. The van der Waals surface area contributed by atoms with Gasteiger partial charge >= 0.3 is 7.82 Å². The third kappa shape index (κ3) is 8.48. The first-order chi connectivity index (χ1) is 13.0. The summed E-state index contributed by atoms with van der Waals surface area (Å²) in [6, 6.07) is 3.64. The lowest BCUT2D eigenvalue weighted by atomic mass is 10.1. The molecule has 0 aromatic rings. The van der Waals surface area contributed by atoms with Crippen LogP contribution in [0.3, 0.4) is 0 Å². The molecular weight excluding hydrogens is 379 g/mol. The zero-order chi connectivity index (χ0) is 20.1. The summed E-state index contributed by atoms with van der Waals surface area (Å²) in [7, 11) is -4.05. The van der Waals surface area contributed by atoms with Gasteiger partial charge in [0.15, 0.2) is 6.29 Å². The molecule has 0 aromatic heterocycles. The number of phosphoric acid groups is 1. The van der Waals surface area contributed by atoms with Gasteiger partial charge in [0.1, 0.15) is 18.3 Å². The summed E-state index contributed by atoms with van der Waals surface area (Å²) in [6.07, 6.45) is -1.58. The molecule has 11 heteroatoms. The number of aliphatic hydroxyl groups excluding tert-OH is 2. The van der Waals surface area contributed by atoms with E-state index in [1.807, 2.05) is 12.1 Å². The molecule has 0 aliphatic carbocycles. The summed E-state index contributed by atoms with van der Waals surface area (Å²) >= 11 is 0. The third-order valence-electron chi connectivity index (χ3n) is 3.48.